The van der Waals surface area contributed by atoms with E-state index >= 15 is 13.2 Å². The second-order valence-corrected chi connectivity index (χ2v) is 8.53. The highest BCUT2D eigenvalue weighted by atomic mass is 19.3. The molecule has 12 heteroatoms. The van der Waals surface area contributed by atoms with Crippen LogP contribution in [0.4, 0.5) is 35.1 Å². The van der Waals surface area contributed by atoms with Gasteiger partial charge in [0.2, 0.25) is 11.6 Å². The van der Waals surface area contributed by atoms with Gasteiger partial charge in [0.05, 0.1) is 46.1 Å². The van der Waals surface area contributed by atoms with E-state index in [-0.39, 0.29) is 26.7 Å². The average molecular weight is 456 g/mol. The van der Waals surface area contributed by atoms with E-state index in [1.54, 1.807) is 0 Å². The molecule has 6 atom stereocenters. The summed E-state index contributed by atoms with van der Waals surface area (Å²) in [7, 11) is 0. The number of alkyl halides is 8. The fourth-order valence-corrected chi connectivity index (χ4v) is 4.04. The molecule has 1 aliphatic carbocycles. The molecule has 2 heterocycles. The van der Waals surface area contributed by atoms with Crippen LogP contribution < -0.4 is 0 Å². The minimum absolute atomic E-state index is 0.163. The standard InChI is InChI=1S/C18H24F8O4/c1-14(20,21)7-15(22)8-17(24,25)9-16(23,10-28-3-12-5-30-12)18(15,26)13(19)6-27-2-11-4-29-11/h11-13H,2-10H2,1H3. The molecule has 3 rings (SSSR count). The normalized spacial score (nSPS) is 41.5. The van der Waals surface area contributed by atoms with Gasteiger partial charge in [-0.1, -0.05) is 0 Å². The summed E-state index contributed by atoms with van der Waals surface area (Å²) in [6, 6.07) is 0. The molecule has 3 fully saturated rings. The number of ether oxygens (including phenoxy) is 4. The van der Waals surface area contributed by atoms with E-state index in [0.717, 1.165) is 0 Å². The van der Waals surface area contributed by atoms with Crippen LogP contribution in [0.5, 0.6) is 0 Å². The van der Waals surface area contributed by atoms with Gasteiger partial charge in [0, 0.05) is 12.8 Å². The van der Waals surface area contributed by atoms with Gasteiger partial charge in [-0.3, -0.25) is 0 Å². The van der Waals surface area contributed by atoms with Crippen LogP contribution in [0.25, 0.3) is 0 Å². The van der Waals surface area contributed by atoms with Crippen molar-refractivity contribution in [2.24, 2.45) is 0 Å². The molecule has 1 saturated carbocycles. The number of rotatable bonds is 11. The van der Waals surface area contributed by atoms with Crippen molar-refractivity contribution >= 4 is 0 Å². The molecule has 0 bridgehead atoms. The number of epoxide rings is 2. The van der Waals surface area contributed by atoms with Gasteiger partial charge >= 0.3 is 0 Å². The molecule has 0 aromatic heterocycles. The van der Waals surface area contributed by atoms with Gasteiger partial charge in [-0.2, -0.15) is 0 Å². The van der Waals surface area contributed by atoms with Crippen molar-refractivity contribution in [2.45, 2.75) is 73.4 Å². The largest absolute Gasteiger partial charge is 0.376 e. The molecule has 0 amide bonds. The second kappa shape index (κ2) is 8.00. The Morgan fingerprint density at radius 3 is 1.93 bits per heavy atom. The van der Waals surface area contributed by atoms with Crippen molar-refractivity contribution in [1.82, 2.24) is 0 Å². The Balaban J connectivity index is 1.89. The van der Waals surface area contributed by atoms with Crippen LogP contribution in [0.3, 0.4) is 0 Å². The first-order valence-electron chi connectivity index (χ1n) is 9.55. The van der Waals surface area contributed by atoms with E-state index in [0.29, 0.717) is 6.61 Å². The molecule has 0 N–H and O–H groups in total. The molecular weight excluding hydrogens is 432 g/mol. The average Bonchev–Trinajstić information content (AvgIpc) is 3.44. The minimum atomic E-state index is -4.37. The third kappa shape index (κ3) is 5.18. The summed E-state index contributed by atoms with van der Waals surface area (Å²) < 4.78 is 137. The van der Waals surface area contributed by atoms with Crippen molar-refractivity contribution in [1.29, 1.82) is 0 Å². The van der Waals surface area contributed by atoms with E-state index in [2.05, 4.69) is 0 Å². The maximum Gasteiger partial charge on any atom is 0.254 e. The monoisotopic (exact) mass is 456 g/mol. The molecule has 0 aromatic rings. The van der Waals surface area contributed by atoms with Gasteiger partial charge in [-0.05, 0) is 6.92 Å². The van der Waals surface area contributed by atoms with E-state index in [1.165, 1.54) is 0 Å². The molecule has 6 unspecified atom stereocenters. The van der Waals surface area contributed by atoms with E-state index < -0.39 is 79.7 Å². The van der Waals surface area contributed by atoms with Gasteiger partial charge in [-0.25, -0.2) is 35.1 Å². The highest BCUT2D eigenvalue weighted by Crippen LogP contribution is 2.60. The van der Waals surface area contributed by atoms with Gasteiger partial charge in [0.1, 0.15) is 12.2 Å². The minimum Gasteiger partial charge on any atom is -0.376 e. The Kier molecular flexibility index (Phi) is 6.38. The zero-order valence-corrected chi connectivity index (χ0v) is 16.3. The van der Waals surface area contributed by atoms with Crippen LogP contribution in [0.2, 0.25) is 0 Å². The Labute approximate surface area is 168 Å². The quantitative estimate of drug-likeness (QED) is 0.351. The van der Waals surface area contributed by atoms with Crippen LogP contribution in [0.1, 0.15) is 26.2 Å². The van der Waals surface area contributed by atoms with Gasteiger partial charge in [-0.15, -0.1) is 0 Å². The zero-order valence-electron chi connectivity index (χ0n) is 16.3. The summed E-state index contributed by atoms with van der Waals surface area (Å²) in [5.41, 5.74) is -12.5. The van der Waals surface area contributed by atoms with Crippen molar-refractivity contribution in [3.8, 4) is 0 Å². The molecule has 2 aliphatic heterocycles. The zero-order chi connectivity index (χ0) is 22.4. The Morgan fingerprint density at radius 1 is 0.933 bits per heavy atom. The Bertz CT molecular complexity index is 607. The Hall–Kier alpha value is -0.720. The maximum atomic E-state index is 16.0. The molecule has 0 aromatic carbocycles. The Morgan fingerprint density at radius 2 is 1.43 bits per heavy atom. The van der Waals surface area contributed by atoms with Gasteiger partial charge < -0.3 is 18.9 Å². The van der Waals surface area contributed by atoms with Crippen LogP contribution in [0, 0.1) is 0 Å². The third-order valence-electron chi connectivity index (χ3n) is 5.41. The lowest BCUT2D eigenvalue weighted by Crippen LogP contribution is -2.74. The molecular formula is C18H24F8O4. The van der Waals surface area contributed by atoms with Crippen molar-refractivity contribution < 1.29 is 54.1 Å². The molecule has 176 valence electrons. The van der Waals surface area contributed by atoms with Gasteiger partial charge in [0.15, 0.2) is 17.5 Å². The SMILES string of the molecule is CC(F)(F)CC1(F)CC(F)(F)CC(F)(COCC2CO2)C1(F)C(F)COCC1CO1. The van der Waals surface area contributed by atoms with Gasteiger partial charge in [0.25, 0.3) is 5.92 Å². The summed E-state index contributed by atoms with van der Waals surface area (Å²) in [5, 5.41) is 0. The molecule has 3 aliphatic rings. The van der Waals surface area contributed by atoms with Crippen LogP contribution >= 0.6 is 0 Å². The smallest absolute Gasteiger partial charge is 0.254 e. The first-order chi connectivity index (χ1) is 13.7. The second-order valence-electron chi connectivity index (χ2n) is 8.53. The fraction of sp³-hybridized carbons (Fsp3) is 1.00. The summed E-state index contributed by atoms with van der Waals surface area (Å²) in [5.74, 6) is -8.21. The van der Waals surface area contributed by atoms with E-state index in [1.807, 2.05) is 0 Å². The molecule has 30 heavy (non-hydrogen) atoms. The fourth-order valence-electron chi connectivity index (χ4n) is 4.04. The molecule has 0 spiro atoms. The molecule has 4 nitrogen and oxygen atoms in total. The van der Waals surface area contributed by atoms with Crippen molar-refractivity contribution in [3.05, 3.63) is 0 Å². The summed E-state index contributed by atoms with van der Waals surface area (Å²) in [4.78, 5) is 0. The third-order valence-corrected chi connectivity index (χ3v) is 5.41. The number of hydrogen-bond donors (Lipinski definition) is 0. The van der Waals surface area contributed by atoms with Crippen LogP contribution in [-0.2, 0) is 18.9 Å². The lowest BCUT2D eigenvalue weighted by atomic mass is 9.61. The lowest BCUT2D eigenvalue weighted by Gasteiger charge is -2.54. The van der Waals surface area contributed by atoms with Crippen LogP contribution in [0.15, 0.2) is 0 Å². The highest BCUT2D eigenvalue weighted by Gasteiger charge is 2.78. The summed E-state index contributed by atoms with van der Waals surface area (Å²) >= 11 is 0. The predicted octanol–water partition coefficient (Wildman–Crippen LogP) is 3.75. The molecule has 0 radical (unpaired) electrons. The summed E-state index contributed by atoms with van der Waals surface area (Å²) in [6.45, 7) is -2.51. The van der Waals surface area contributed by atoms with Crippen LogP contribution in [-0.4, -0.2) is 86.9 Å². The number of hydrogen-bond acceptors (Lipinski definition) is 4. The first kappa shape index (κ1) is 23.9. The maximum absolute atomic E-state index is 16.0. The van der Waals surface area contributed by atoms with E-state index in [4.69, 9.17) is 18.9 Å². The lowest BCUT2D eigenvalue weighted by molar-refractivity contribution is -0.284. The summed E-state index contributed by atoms with van der Waals surface area (Å²) in [6.07, 6.45) is -10.2. The van der Waals surface area contributed by atoms with Crippen molar-refractivity contribution in [2.75, 3.05) is 39.6 Å². The molecule has 2 saturated heterocycles. The van der Waals surface area contributed by atoms with E-state index in [9.17, 15) is 22.0 Å². The van der Waals surface area contributed by atoms with Crippen molar-refractivity contribution in [3.63, 3.8) is 0 Å². The topological polar surface area (TPSA) is 43.5 Å². The predicted molar refractivity (Wildman–Crippen MR) is 87.0 cm³/mol. The number of halogens is 8. The highest BCUT2D eigenvalue weighted by molar-refractivity contribution is 5.23. The first-order valence-corrected chi connectivity index (χ1v) is 9.55.